The minimum absolute atomic E-state index is 0.0438. The highest BCUT2D eigenvalue weighted by atomic mass is 32.1. The van der Waals surface area contributed by atoms with E-state index in [1.165, 1.54) is 17.0 Å². The normalized spacial score (nSPS) is 25.8. The number of hydrogen-bond donors (Lipinski definition) is 2. The zero-order chi connectivity index (χ0) is 20.4. The SMILES string of the molecule is Cn1nc(-c2cccs2)cc1[C@@H]1CN2CC[C@H]1C[C@@H]2CNC(=O)CCCC(=O)O. The van der Waals surface area contributed by atoms with Gasteiger partial charge in [-0.05, 0) is 49.2 Å². The number of aromatic nitrogens is 2. The van der Waals surface area contributed by atoms with Crippen molar-refractivity contribution in [2.45, 2.75) is 44.1 Å². The van der Waals surface area contributed by atoms with Gasteiger partial charge in [0.2, 0.25) is 5.91 Å². The van der Waals surface area contributed by atoms with Crippen molar-refractivity contribution in [1.29, 1.82) is 0 Å². The van der Waals surface area contributed by atoms with E-state index in [1.54, 1.807) is 11.3 Å². The predicted octanol–water partition coefficient (Wildman–Crippen LogP) is 2.70. The summed E-state index contributed by atoms with van der Waals surface area (Å²) in [6, 6.07) is 6.79. The zero-order valence-corrected chi connectivity index (χ0v) is 17.5. The Hall–Kier alpha value is -2.19. The average molecular weight is 417 g/mol. The molecule has 4 atom stereocenters. The van der Waals surface area contributed by atoms with Crippen molar-refractivity contribution in [3.8, 4) is 10.6 Å². The Morgan fingerprint density at radius 3 is 2.93 bits per heavy atom. The molecule has 29 heavy (non-hydrogen) atoms. The molecule has 3 fully saturated rings. The first-order valence-corrected chi connectivity index (χ1v) is 11.2. The van der Waals surface area contributed by atoms with E-state index in [9.17, 15) is 9.59 Å². The van der Waals surface area contributed by atoms with Gasteiger partial charge >= 0.3 is 5.97 Å². The fourth-order valence-corrected chi connectivity index (χ4v) is 5.46. The van der Waals surface area contributed by atoms with Crippen LogP contribution in [0.25, 0.3) is 10.6 Å². The first kappa shape index (κ1) is 20.1. The van der Waals surface area contributed by atoms with Gasteiger partial charge in [0.1, 0.15) is 5.69 Å². The van der Waals surface area contributed by atoms with Crippen molar-refractivity contribution in [3.05, 3.63) is 29.3 Å². The van der Waals surface area contributed by atoms with Gasteiger partial charge in [-0.3, -0.25) is 19.2 Å². The topological polar surface area (TPSA) is 87.5 Å². The number of hydrogen-bond acceptors (Lipinski definition) is 5. The fourth-order valence-electron chi connectivity index (χ4n) is 4.78. The van der Waals surface area contributed by atoms with E-state index >= 15 is 0 Å². The molecule has 5 heterocycles. The molecule has 2 N–H and O–H groups in total. The lowest BCUT2D eigenvalue weighted by atomic mass is 9.74. The number of piperidine rings is 3. The lowest BCUT2D eigenvalue weighted by molar-refractivity contribution is -0.137. The molecule has 7 nitrogen and oxygen atoms in total. The van der Waals surface area contributed by atoms with E-state index < -0.39 is 5.97 Å². The number of aryl methyl sites for hydroxylation is 1. The number of aliphatic carboxylic acids is 1. The molecule has 1 unspecified atom stereocenters. The number of fused-ring (bicyclic) bond motifs is 3. The molecular formula is C21H28N4O3S. The molecule has 2 aromatic heterocycles. The second kappa shape index (κ2) is 8.67. The van der Waals surface area contributed by atoms with Gasteiger partial charge in [-0.15, -0.1) is 11.3 Å². The Morgan fingerprint density at radius 2 is 2.24 bits per heavy atom. The van der Waals surface area contributed by atoms with Crippen molar-refractivity contribution in [2.75, 3.05) is 19.6 Å². The number of carbonyl (C=O) groups excluding carboxylic acids is 1. The number of amides is 1. The summed E-state index contributed by atoms with van der Waals surface area (Å²) in [6.45, 7) is 2.74. The molecule has 2 bridgehead atoms. The monoisotopic (exact) mass is 416 g/mol. The Kier molecular flexibility index (Phi) is 6.01. The number of rotatable bonds is 8. The van der Waals surface area contributed by atoms with E-state index in [0.29, 0.717) is 30.8 Å². The molecule has 5 rings (SSSR count). The van der Waals surface area contributed by atoms with Crippen LogP contribution in [0.2, 0.25) is 0 Å². The minimum atomic E-state index is -0.850. The molecule has 3 aliphatic rings. The molecule has 156 valence electrons. The van der Waals surface area contributed by atoms with Crippen LogP contribution < -0.4 is 5.32 Å². The summed E-state index contributed by atoms with van der Waals surface area (Å²) in [5.74, 6) is 0.201. The Morgan fingerprint density at radius 1 is 1.38 bits per heavy atom. The fraction of sp³-hybridized carbons (Fsp3) is 0.571. The molecule has 0 radical (unpaired) electrons. The maximum Gasteiger partial charge on any atom is 0.303 e. The van der Waals surface area contributed by atoms with Crippen LogP contribution >= 0.6 is 11.3 Å². The van der Waals surface area contributed by atoms with Gasteiger partial charge < -0.3 is 10.4 Å². The molecule has 0 aliphatic carbocycles. The Bertz CT molecular complexity index is 863. The molecule has 3 saturated heterocycles. The number of carbonyl (C=O) groups is 2. The number of carboxylic acid groups (broad SMARTS) is 1. The van der Waals surface area contributed by atoms with Gasteiger partial charge in [-0.2, -0.15) is 5.10 Å². The first-order chi connectivity index (χ1) is 14.0. The third-order valence-electron chi connectivity index (χ3n) is 6.28. The Labute approximate surface area is 174 Å². The molecule has 2 aromatic rings. The minimum Gasteiger partial charge on any atom is -0.481 e. The Balaban J connectivity index is 1.34. The van der Waals surface area contributed by atoms with Crippen LogP contribution in [0.4, 0.5) is 0 Å². The lowest BCUT2D eigenvalue weighted by Crippen LogP contribution is -2.56. The van der Waals surface area contributed by atoms with Crippen molar-refractivity contribution < 1.29 is 14.7 Å². The maximum atomic E-state index is 12.0. The quantitative estimate of drug-likeness (QED) is 0.691. The zero-order valence-electron chi connectivity index (χ0n) is 16.7. The standard InChI is InChI=1S/C21H28N4O3S/c1-24-18(11-17(23-24)19-4-3-9-29-19)16-13-25-8-7-14(16)10-15(25)12-22-20(26)5-2-6-21(27)28/h3-4,9,11,14-16H,2,5-8,10,12-13H2,1H3,(H,22,26)(H,27,28)/t14-,15+,16+/m0/s1. The largest absolute Gasteiger partial charge is 0.481 e. The number of nitrogens with zero attached hydrogens (tertiary/aromatic N) is 3. The van der Waals surface area contributed by atoms with Crippen molar-refractivity contribution >= 4 is 23.2 Å². The molecular weight excluding hydrogens is 388 g/mol. The smallest absolute Gasteiger partial charge is 0.303 e. The number of carboxylic acids is 1. The molecule has 0 saturated carbocycles. The summed E-state index contributed by atoms with van der Waals surface area (Å²) in [6.07, 6.45) is 3.00. The van der Waals surface area contributed by atoms with E-state index in [-0.39, 0.29) is 18.7 Å². The van der Waals surface area contributed by atoms with Crippen LogP contribution in [-0.4, -0.2) is 57.3 Å². The highest BCUT2D eigenvalue weighted by molar-refractivity contribution is 7.13. The molecule has 0 spiro atoms. The summed E-state index contributed by atoms with van der Waals surface area (Å²) in [7, 11) is 2.04. The molecule has 1 amide bonds. The molecule has 0 aromatic carbocycles. The van der Waals surface area contributed by atoms with E-state index in [0.717, 1.165) is 25.2 Å². The third kappa shape index (κ3) is 4.53. The maximum absolute atomic E-state index is 12.0. The predicted molar refractivity (Wildman–Crippen MR) is 112 cm³/mol. The third-order valence-corrected chi connectivity index (χ3v) is 7.17. The van der Waals surface area contributed by atoms with Gasteiger partial charge in [0, 0.05) is 50.6 Å². The van der Waals surface area contributed by atoms with E-state index in [1.807, 2.05) is 11.7 Å². The van der Waals surface area contributed by atoms with Crippen LogP contribution in [0.1, 0.15) is 43.7 Å². The summed E-state index contributed by atoms with van der Waals surface area (Å²) in [5.41, 5.74) is 2.36. The van der Waals surface area contributed by atoms with Crippen LogP contribution in [0.3, 0.4) is 0 Å². The van der Waals surface area contributed by atoms with Crippen molar-refractivity contribution in [1.82, 2.24) is 20.0 Å². The molecule has 3 aliphatic heterocycles. The van der Waals surface area contributed by atoms with Gasteiger partial charge in [0.25, 0.3) is 0 Å². The second-order valence-corrected chi connectivity index (χ2v) is 9.09. The lowest BCUT2D eigenvalue weighted by Gasteiger charge is -2.50. The summed E-state index contributed by atoms with van der Waals surface area (Å²) >= 11 is 1.72. The molecule has 8 heteroatoms. The van der Waals surface area contributed by atoms with Gasteiger partial charge in [-0.25, -0.2) is 0 Å². The highest BCUT2D eigenvalue weighted by Gasteiger charge is 2.41. The first-order valence-electron chi connectivity index (χ1n) is 10.3. The van der Waals surface area contributed by atoms with E-state index in [4.69, 9.17) is 10.2 Å². The number of thiophene rings is 1. The average Bonchev–Trinajstić information content (AvgIpc) is 3.36. The van der Waals surface area contributed by atoms with Gasteiger partial charge in [0.05, 0.1) is 4.88 Å². The van der Waals surface area contributed by atoms with Gasteiger partial charge in [-0.1, -0.05) is 6.07 Å². The van der Waals surface area contributed by atoms with Crippen LogP contribution in [0, 0.1) is 5.92 Å². The van der Waals surface area contributed by atoms with Crippen molar-refractivity contribution in [3.63, 3.8) is 0 Å². The van der Waals surface area contributed by atoms with Crippen LogP contribution in [-0.2, 0) is 16.6 Å². The highest BCUT2D eigenvalue weighted by Crippen LogP contribution is 2.42. The van der Waals surface area contributed by atoms with E-state index in [2.05, 4.69) is 33.8 Å². The van der Waals surface area contributed by atoms with Crippen molar-refractivity contribution in [2.24, 2.45) is 13.0 Å². The van der Waals surface area contributed by atoms with Crippen LogP contribution in [0.15, 0.2) is 23.6 Å². The summed E-state index contributed by atoms with van der Waals surface area (Å²) in [5, 5.41) is 18.5. The summed E-state index contributed by atoms with van der Waals surface area (Å²) in [4.78, 5) is 26.3. The van der Waals surface area contributed by atoms with Crippen LogP contribution in [0.5, 0.6) is 0 Å². The number of nitrogens with one attached hydrogen (secondary N) is 1. The van der Waals surface area contributed by atoms with Gasteiger partial charge in [0.15, 0.2) is 0 Å². The second-order valence-electron chi connectivity index (χ2n) is 8.15. The summed E-state index contributed by atoms with van der Waals surface area (Å²) < 4.78 is 2.04.